The van der Waals surface area contributed by atoms with Crippen LogP contribution >= 0.6 is 0 Å². The summed E-state index contributed by atoms with van der Waals surface area (Å²) in [6.07, 6.45) is 3.86. The van der Waals surface area contributed by atoms with Crippen molar-refractivity contribution in [1.29, 1.82) is 0 Å². The minimum atomic E-state index is 0.560. The van der Waals surface area contributed by atoms with E-state index in [1.807, 2.05) is 25.4 Å². The zero-order valence-electron chi connectivity index (χ0n) is 13.9. The number of nitrogens with one attached hydrogen (secondary N) is 3. The summed E-state index contributed by atoms with van der Waals surface area (Å²) in [4.78, 5) is 19.1. The molecule has 0 saturated carbocycles. The molecule has 0 radical (unpaired) electrons. The van der Waals surface area contributed by atoms with Gasteiger partial charge in [0.05, 0.1) is 17.6 Å². The van der Waals surface area contributed by atoms with Crippen molar-refractivity contribution in [3.63, 3.8) is 0 Å². The number of hydrogen-bond acceptors (Lipinski definition) is 6. The summed E-state index contributed by atoms with van der Waals surface area (Å²) in [6.45, 7) is 8.11. The Morgan fingerprint density at radius 1 is 1.12 bits per heavy atom. The molecular weight excluding hydrogens is 302 g/mol. The van der Waals surface area contributed by atoms with E-state index in [4.69, 9.17) is 0 Å². The van der Waals surface area contributed by atoms with Crippen molar-refractivity contribution in [3.05, 3.63) is 35.8 Å². The third-order valence-electron chi connectivity index (χ3n) is 4.38. The third-order valence-corrected chi connectivity index (χ3v) is 4.38. The first-order chi connectivity index (χ1) is 11.7. The number of fused-ring (bicyclic) bond motifs is 1. The highest BCUT2D eigenvalue weighted by atomic mass is 15.2. The molecule has 0 unspecified atom stereocenters. The second kappa shape index (κ2) is 6.09. The quantitative estimate of drug-likeness (QED) is 0.685. The highest BCUT2D eigenvalue weighted by molar-refractivity contribution is 5.83. The number of anilines is 3. The molecule has 3 aromatic rings. The average Bonchev–Trinajstić information content (AvgIpc) is 2.98. The Balaban J connectivity index is 1.54. The van der Waals surface area contributed by atoms with Crippen molar-refractivity contribution in [2.45, 2.75) is 13.8 Å². The molecule has 7 nitrogen and oxygen atoms in total. The molecule has 0 atom stereocenters. The van der Waals surface area contributed by atoms with Gasteiger partial charge in [-0.3, -0.25) is 0 Å². The molecule has 24 heavy (non-hydrogen) atoms. The molecule has 1 aliphatic rings. The van der Waals surface area contributed by atoms with Crippen molar-refractivity contribution < 1.29 is 0 Å². The van der Waals surface area contributed by atoms with E-state index < -0.39 is 0 Å². The molecule has 3 aromatic heterocycles. The van der Waals surface area contributed by atoms with Gasteiger partial charge in [0.1, 0.15) is 11.5 Å². The van der Waals surface area contributed by atoms with Gasteiger partial charge in [-0.1, -0.05) is 0 Å². The van der Waals surface area contributed by atoms with Crippen LogP contribution in [0.1, 0.15) is 11.3 Å². The fourth-order valence-electron chi connectivity index (χ4n) is 3.14. The molecule has 124 valence electrons. The number of rotatable bonds is 3. The molecule has 4 heterocycles. The maximum Gasteiger partial charge on any atom is 0.230 e. The topological polar surface area (TPSA) is 81.8 Å². The summed E-state index contributed by atoms with van der Waals surface area (Å²) in [5, 5.41) is 7.63. The van der Waals surface area contributed by atoms with Gasteiger partial charge in [0.15, 0.2) is 0 Å². The zero-order chi connectivity index (χ0) is 16.5. The monoisotopic (exact) mass is 323 g/mol. The summed E-state index contributed by atoms with van der Waals surface area (Å²) in [5.41, 5.74) is 4.11. The van der Waals surface area contributed by atoms with Crippen molar-refractivity contribution in [2.24, 2.45) is 0 Å². The molecule has 3 N–H and O–H groups in total. The Morgan fingerprint density at radius 2 is 1.96 bits per heavy atom. The second-order valence-electron chi connectivity index (χ2n) is 6.09. The number of piperazine rings is 1. The van der Waals surface area contributed by atoms with Crippen LogP contribution in [0.4, 0.5) is 17.5 Å². The van der Waals surface area contributed by atoms with Gasteiger partial charge in [0, 0.05) is 37.8 Å². The fraction of sp³-hybridized carbons (Fsp3) is 0.353. The minimum Gasteiger partial charge on any atom is -0.368 e. The number of H-pyrrole nitrogens is 1. The van der Waals surface area contributed by atoms with Crippen LogP contribution < -0.4 is 15.5 Å². The van der Waals surface area contributed by atoms with Crippen LogP contribution in [0, 0.1) is 13.8 Å². The molecule has 0 spiro atoms. The highest BCUT2D eigenvalue weighted by Gasteiger charge is 2.12. The predicted octanol–water partition coefficient (Wildman–Crippen LogP) is 2.12. The van der Waals surface area contributed by atoms with Crippen LogP contribution in [0.3, 0.4) is 0 Å². The molecule has 4 rings (SSSR count). The largest absolute Gasteiger partial charge is 0.368 e. The van der Waals surface area contributed by atoms with Crippen LogP contribution in [0.25, 0.3) is 11.0 Å². The van der Waals surface area contributed by atoms with Crippen LogP contribution in [0.5, 0.6) is 0 Å². The van der Waals surface area contributed by atoms with Crippen molar-refractivity contribution in [2.75, 3.05) is 36.4 Å². The molecule has 0 amide bonds. The van der Waals surface area contributed by atoms with Gasteiger partial charge in [-0.05, 0) is 31.5 Å². The maximum atomic E-state index is 4.54. The van der Waals surface area contributed by atoms with Crippen LogP contribution in [-0.2, 0) is 0 Å². The van der Waals surface area contributed by atoms with E-state index in [-0.39, 0.29) is 0 Å². The lowest BCUT2D eigenvalue weighted by Crippen LogP contribution is -2.43. The van der Waals surface area contributed by atoms with Crippen molar-refractivity contribution in [3.8, 4) is 0 Å². The lowest BCUT2D eigenvalue weighted by molar-refractivity contribution is 0.589. The van der Waals surface area contributed by atoms with Gasteiger partial charge >= 0.3 is 0 Å². The lowest BCUT2D eigenvalue weighted by Gasteiger charge is -2.29. The summed E-state index contributed by atoms with van der Waals surface area (Å²) in [6, 6.07) is 4.06. The maximum absolute atomic E-state index is 4.54. The molecule has 7 heteroatoms. The number of aryl methyl sites for hydroxylation is 2. The number of hydrogen-bond donors (Lipinski definition) is 3. The van der Waals surface area contributed by atoms with Gasteiger partial charge in [0.2, 0.25) is 5.95 Å². The van der Waals surface area contributed by atoms with E-state index in [0.717, 1.165) is 60.0 Å². The Morgan fingerprint density at radius 3 is 2.71 bits per heavy atom. The van der Waals surface area contributed by atoms with E-state index in [1.54, 1.807) is 0 Å². The van der Waals surface area contributed by atoms with Crippen LogP contribution in [0.15, 0.2) is 24.5 Å². The fourth-order valence-corrected chi connectivity index (χ4v) is 3.14. The van der Waals surface area contributed by atoms with Crippen molar-refractivity contribution >= 4 is 28.5 Å². The molecule has 1 aliphatic heterocycles. The van der Waals surface area contributed by atoms with E-state index in [0.29, 0.717) is 5.95 Å². The minimum absolute atomic E-state index is 0.560. The van der Waals surface area contributed by atoms with Gasteiger partial charge in [0.25, 0.3) is 0 Å². The summed E-state index contributed by atoms with van der Waals surface area (Å²) in [5.74, 6) is 1.31. The normalized spacial score (nSPS) is 15.0. The Bertz CT molecular complexity index is 847. The van der Waals surface area contributed by atoms with Gasteiger partial charge < -0.3 is 20.5 Å². The first kappa shape index (κ1) is 14.9. The number of aromatic nitrogens is 4. The van der Waals surface area contributed by atoms with E-state index in [1.165, 1.54) is 0 Å². The lowest BCUT2D eigenvalue weighted by atomic mass is 10.2. The molecule has 0 bridgehead atoms. The number of pyridine rings is 1. The van der Waals surface area contributed by atoms with Gasteiger partial charge in [-0.15, -0.1) is 0 Å². The zero-order valence-corrected chi connectivity index (χ0v) is 13.9. The predicted molar refractivity (Wildman–Crippen MR) is 96.0 cm³/mol. The Kier molecular flexibility index (Phi) is 3.78. The Hall–Kier alpha value is -2.67. The van der Waals surface area contributed by atoms with Gasteiger partial charge in [-0.25, -0.2) is 9.97 Å². The Labute approximate surface area is 140 Å². The SMILES string of the molecule is Cc1c[nH]c2nc(Nc3ccc(N4CCNCC4)cn3)nc(C)c12. The van der Waals surface area contributed by atoms with E-state index >= 15 is 0 Å². The first-order valence-electron chi connectivity index (χ1n) is 8.22. The summed E-state index contributed by atoms with van der Waals surface area (Å²) >= 11 is 0. The van der Waals surface area contributed by atoms with E-state index in [9.17, 15) is 0 Å². The molecular formula is C17H21N7. The summed E-state index contributed by atoms with van der Waals surface area (Å²) < 4.78 is 0. The summed E-state index contributed by atoms with van der Waals surface area (Å²) in [7, 11) is 0. The molecule has 1 saturated heterocycles. The van der Waals surface area contributed by atoms with Crippen molar-refractivity contribution in [1.82, 2.24) is 25.3 Å². The number of aromatic amines is 1. The number of nitrogens with zero attached hydrogens (tertiary/aromatic N) is 4. The third kappa shape index (κ3) is 2.78. The first-order valence-corrected chi connectivity index (χ1v) is 8.22. The van der Waals surface area contributed by atoms with E-state index in [2.05, 4.69) is 48.5 Å². The second-order valence-corrected chi connectivity index (χ2v) is 6.09. The molecule has 1 fully saturated rings. The molecule has 0 aliphatic carbocycles. The van der Waals surface area contributed by atoms with Gasteiger partial charge in [-0.2, -0.15) is 4.98 Å². The van der Waals surface area contributed by atoms with Crippen LogP contribution in [-0.4, -0.2) is 46.1 Å². The molecule has 0 aromatic carbocycles. The smallest absolute Gasteiger partial charge is 0.230 e. The standard InChI is InChI=1S/C17H21N7/c1-11-9-20-16-15(11)12(2)21-17(23-16)22-14-4-3-13(10-19-14)24-7-5-18-6-8-24/h3-4,9-10,18H,5-8H2,1-2H3,(H2,19,20,21,22,23). The average molecular weight is 323 g/mol. The highest BCUT2D eigenvalue weighted by Crippen LogP contribution is 2.22. The van der Waals surface area contributed by atoms with Crippen LogP contribution in [0.2, 0.25) is 0 Å².